The van der Waals surface area contributed by atoms with Gasteiger partial charge in [-0.15, -0.1) is 0 Å². The molecule has 2 aliphatic heterocycles. The molecule has 0 saturated heterocycles. The largest absolute Gasteiger partial charge is 0.493 e. The van der Waals surface area contributed by atoms with Crippen molar-refractivity contribution >= 4 is 12.0 Å². The van der Waals surface area contributed by atoms with Gasteiger partial charge in [-0.3, -0.25) is 0 Å². The SMILES string of the molecule is COc1cccc2c1OC1(C=C2)OC(=O)c2ccccc21. The van der Waals surface area contributed by atoms with Gasteiger partial charge >= 0.3 is 11.8 Å². The van der Waals surface area contributed by atoms with Gasteiger partial charge in [0, 0.05) is 11.6 Å². The van der Waals surface area contributed by atoms with Crippen LogP contribution in [0, 0.1) is 0 Å². The van der Waals surface area contributed by atoms with Crippen molar-refractivity contribution in [2.45, 2.75) is 5.79 Å². The van der Waals surface area contributed by atoms with E-state index in [1.165, 1.54) is 0 Å². The quantitative estimate of drug-likeness (QED) is 0.753. The molecule has 0 N–H and O–H groups in total. The predicted molar refractivity (Wildman–Crippen MR) is 76.2 cm³/mol. The molecule has 2 aromatic carbocycles. The minimum absolute atomic E-state index is 0.381. The fourth-order valence-corrected chi connectivity index (χ4v) is 2.73. The van der Waals surface area contributed by atoms with E-state index >= 15 is 0 Å². The first-order chi connectivity index (χ1) is 10.2. The Bertz CT molecular complexity index is 778. The first-order valence-electron chi connectivity index (χ1n) is 6.62. The molecule has 104 valence electrons. The van der Waals surface area contributed by atoms with Crippen molar-refractivity contribution in [1.29, 1.82) is 0 Å². The van der Waals surface area contributed by atoms with Gasteiger partial charge in [0.1, 0.15) is 0 Å². The summed E-state index contributed by atoms with van der Waals surface area (Å²) >= 11 is 0. The van der Waals surface area contributed by atoms with Gasteiger partial charge in [-0.05, 0) is 24.3 Å². The number of para-hydroxylation sites is 1. The monoisotopic (exact) mass is 280 g/mol. The van der Waals surface area contributed by atoms with Crippen molar-refractivity contribution < 1.29 is 19.0 Å². The van der Waals surface area contributed by atoms with Gasteiger partial charge in [0.2, 0.25) is 0 Å². The Morgan fingerprint density at radius 2 is 1.90 bits per heavy atom. The minimum atomic E-state index is -1.20. The summed E-state index contributed by atoms with van der Waals surface area (Å²) in [7, 11) is 1.58. The zero-order valence-corrected chi connectivity index (χ0v) is 11.3. The molecule has 2 aromatic rings. The van der Waals surface area contributed by atoms with Crippen molar-refractivity contribution in [1.82, 2.24) is 0 Å². The van der Waals surface area contributed by atoms with Crippen LogP contribution in [0.15, 0.2) is 48.5 Å². The summed E-state index contributed by atoms with van der Waals surface area (Å²) < 4.78 is 16.9. The van der Waals surface area contributed by atoms with Gasteiger partial charge in [0.15, 0.2) is 11.5 Å². The lowest BCUT2D eigenvalue weighted by molar-refractivity contribution is -0.104. The molecule has 0 amide bonds. The highest BCUT2D eigenvalue weighted by Crippen LogP contribution is 2.46. The van der Waals surface area contributed by atoms with E-state index in [0.29, 0.717) is 22.6 Å². The van der Waals surface area contributed by atoms with E-state index in [2.05, 4.69) is 0 Å². The molecule has 1 unspecified atom stereocenters. The topological polar surface area (TPSA) is 44.8 Å². The normalized spacial score (nSPS) is 21.5. The molecule has 2 heterocycles. The summed E-state index contributed by atoms with van der Waals surface area (Å²) in [6.45, 7) is 0. The third kappa shape index (κ3) is 1.59. The highest BCUT2D eigenvalue weighted by Gasteiger charge is 2.48. The first kappa shape index (κ1) is 12.0. The number of methoxy groups -OCH3 is 1. The number of carbonyl (C=O) groups excluding carboxylic acids is 1. The molecule has 1 atom stereocenters. The molecule has 2 aliphatic rings. The average Bonchev–Trinajstić information content (AvgIpc) is 2.80. The second-order valence-corrected chi connectivity index (χ2v) is 4.92. The maximum absolute atomic E-state index is 12.0. The molecule has 0 fully saturated rings. The number of rotatable bonds is 1. The zero-order valence-electron chi connectivity index (χ0n) is 11.3. The molecular formula is C17H12O4. The van der Waals surface area contributed by atoms with Crippen LogP contribution in [0.2, 0.25) is 0 Å². The number of carbonyl (C=O) groups is 1. The van der Waals surface area contributed by atoms with Crippen LogP contribution >= 0.6 is 0 Å². The maximum atomic E-state index is 12.0. The lowest BCUT2D eigenvalue weighted by Crippen LogP contribution is -2.33. The third-order valence-electron chi connectivity index (χ3n) is 3.73. The summed E-state index contributed by atoms with van der Waals surface area (Å²) in [5, 5.41) is 0. The van der Waals surface area contributed by atoms with E-state index in [1.54, 1.807) is 25.3 Å². The van der Waals surface area contributed by atoms with Crippen LogP contribution in [0.3, 0.4) is 0 Å². The Morgan fingerprint density at radius 3 is 2.76 bits per heavy atom. The van der Waals surface area contributed by atoms with Crippen LogP contribution in [-0.2, 0) is 10.5 Å². The number of benzene rings is 2. The summed E-state index contributed by atoms with van der Waals surface area (Å²) in [5.41, 5.74) is 2.13. The lowest BCUT2D eigenvalue weighted by atomic mass is 9.98. The number of hydrogen-bond acceptors (Lipinski definition) is 4. The Hall–Kier alpha value is -2.75. The second-order valence-electron chi connectivity index (χ2n) is 4.92. The Morgan fingerprint density at radius 1 is 1.05 bits per heavy atom. The molecule has 4 rings (SSSR count). The Balaban J connectivity index is 1.89. The summed E-state index contributed by atoms with van der Waals surface area (Å²) in [4.78, 5) is 12.0. The fourth-order valence-electron chi connectivity index (χ4n) is 2.73. The Kier molecular flexibility index (Phi) is 2.36. The number of ether oxygens (including phenoxy) is 3. The van der Waals surface area contributed by atoms with Crippen molar-refractivity contribution in [3.05, 3.63) is 65.2 Å². The van der Waals surface area contributed by atoms with Gasteiger partial charge in [-0.1, -0.05) is 24.3 Å². The van der Waals surface area contributed by atoms with Crippen LogP contribution in [0.5, 0.6) is 11.5 Å². The molecule has 21 heavy (non-hydrogen) atoms. The van der Waals surface area contributed by atoms with E-state index in [1.807, 2.05) is 36.4 Å². The molecule has 0 aromatic heterocycles. The van der Waals surface area contributed by atoms with E-state index in [-0.39, 0.29) is 5.97 Å². The van der Waals surface area contributed by atoms with Crippen LogP contribution in [-0.4, -0.2) is 13.1 Å². The third-order valence-corrected chi connectivity index (χ3v) is 3.73. The van der Waals surface area contributed by atoms with Crippen molar-refractivity contribution in [3.8, 4) is 11.5 Å². The van der Waals surface area contributed by atoms with E-state index in [4.69, 9.17) is 14.2 Å². The molecule has 0 radical (unpaired) electrons. The smallest absolute Gasteiger partial charge is 0.342 e. The molecular weight excluding hydrogens is 268 g/mol. The molecule has 1 spiro atoms. The molecule has 0 saturated carbocycles. The summed E-state index contributed by atoms with van der Waals surface area (Å²) in [6.07, 6.45) is 3.65. The van der Waals surface area contributed by atoms with Gasteiger partial charge < -0.3 is 14.2 Å². The lowest BCUT2D eigenvalue weighted by Gasteiger charge is -2.30. The van der Waals surface area contributed by atoms with Crippen LogP contribution < -0.4 is 9.47 Å². The molecule has 0 bridgehead atoms. The van der Waals surface area contributed by atoms with Crippen molar-refractivity contribution in [2.75, 3.05) is 7.11 Å². The number of fused-ring (bicyclic) bond motifs is 3. The standard InChI is InChI=1S/C17H12O4/c1-19-14-8-4-5-11-9-10-17(20-15(11)14)13-7-3-2-6-12(13)16(18)21-17/h2-10H,1H3. The highest BCUT2D eigenvalue weighted by atomic mass is 16.7. The second kappa shape index (κ2) is 4.12. The highest BCUT2D eigenvalue weighted by molar-refractivity contribution is 5.95. The van der Waals surface area contributed by atoms with Gasteiger partial charge in [0.25, 0.3) is 0 Å². The van der Waals surface area contributed by atoms with Crippen LogP contribution in [0.4, 0.5) is 0 Å². The van der Waals surface area contributed by atoms with Crippen molar-refractivity contribution in [3.63, 3.8) is 0 Å². The van der Waals surface area contributed by atoms with E-state index < -0.39 is 5.79 Å². The fraction of sp³-hybridized carbons (Fsp3) is 0.118. The van der Waals surface area contributed by atoms with Crippen LogP contribution in [0.1, 0.15) is 21.5 Å². The van der Waals surface area contributed by atoms with Crippen molar-refractivity contribution in [2.24, 2.45) is 0 Å². The summed E-state index contributed by atoms with van der Waals surface area (Å²) in [5.74, 6) is -0.396. The van der Waals surface area contributed by atoms with Gasteiger partial charge in [0.05, 0.1) is 18.2 Å². The van der Waals surface area contributed by atoms with Gasteiger partial charge in [-0.25, -0.2) is 4.79 Å². The maximum Gasteiger partial charge on any atom is 0.342 e. The minimum Gasteiger partial charge on any atom is -0.493 e. The molecule has 0 aliphatic carbocycles. The summed E-state index contributed by atoms with van der Waals surface area (Å²) in [6, 6.07) is 12.9. The first-order valence-corrected chi connectivity index (χ1v) is 6.62. The van der Waals surface area contributed by atoms with Gasteiger partial charge in [-0.2, -0.15) is 0 Å². The number of hydrogen-bond donors (Lipinski definition) is 0. The molecule has 4 nitrogen and oxygen atoms in total. The van der Waals surface area contributed by atoms with E-state index in [0.717, 1.165) is 5.56 Å². The predicted octanol–water partition coefficient (Wildman–Crippen LogP) is 3.12. The number of esters is 1. The molecule has 4 heteroatoms. The van der Waals surface area contributed by atoms with Crippen LogP contribution in [0.25, 0.3) is 6.08 Å². The van der Waals surface area contributed by atoms with E-state index in [9.17, 15) is 4.79 Å². The Labute approximate surface area is 121 Å². The average molecular weight is 280 g/mol. The zero-order chi connectivity index (χ0) is 14.4.